The summed E-state index contributed by atoms with van der Waals surface area (Å²) in [6.07, 6.45) is 4.43. The largest absolute Gasteiger partial charge is 0.478 e. The van der Waals surface area contributed by atoms with Crippen LogP contribution in [-0.4, -0.2) is 16.3 Å². The Morgan fingerprint density at radius 1 is 1.03 bits per heavy atom. The Bertz CT molecular complexity index is 972. The molecular weight excluding hydrogens is 374 g/mol. The minimum atomic E-state index is -0.903. The van der Waals surface area contributed by atoms with Crippen LogP contribution >= 0.6 is 0 Å². The molecule has 4 heteroatoms. The number of fused-ring (bicyclic) bond motifs is 1. The van der Waals surface area contributed by atoms with Crippen molar-refractivity contribution < 1.29 is 15.1 Å². The highest BCUT2D eigenvalue weighted by Gasteiger charge is 2.37. The van der Waals surface area contributed by atoms with Crippen LogP contribution in [0.3, 0.4) is 0 Å². The maximum absolute atomic E-state index is 11.4. The lowest BCUT2D eigenvalue weighted by atomic mass is 9.63. The molecule has 0 heterocycles. The predicted molar refractivity (Wildman–Crippen MR) is 121 cm³/mol. The maximum Gasteiger partial charge on any atom is 0.331 e. The predicted octanol–water partition coefficient (Wildman–Crippen LogP) is 5.98. The van der Waals surface area contributed by atoms with E-state index in [1.165, 1.54) is 11.1 Å². The summed E-state index contributed by atoms with van der Waals surface area (Å²) in [5, 5.41) is 19.3. The number of hydrogen-bond donors (Lipinski definition) is 3. The molecule has 1 aliphatic rings. The molecule has 2 aromatic rings. The van der Waals surface area contributed by atoms with Gasteiger partial charge in [-0.3, -0.25) is 0 Å². The van der Waals surface area contributed by atoms with Gasteiger partial charge in [0.05, 0.1) is 6.04 Å². The molecule has 0 amide bonds. The van der Waals surface area contributed by atoms with Crippen molar-refractivity contribution in [1.82, 2.24) is 5.48 Å². The molecule has 1 atom stereocenters. The normalized spacial score (nSPS) is 18.5. The molecule has 0 fully saturated rings. The van der Waals surface area contributed by atoms with Gasteiger partial charge in [0.15, 0.2) is 0 Å². The average molecular weight is 408 g/mol. The molecule has 0 spiro atoms. The molecule has 0 saturated carbocycles. The van der Waals surface area contributed by atoms with Crippen LogP contribution in [0.4, 0.5) is 0 Å². The van der Waals surface area contributed by atoms with Crippen LogP contribution in [0.1, 0.15) is 87.7 Å². The van der Waals surface area contributed by atoms with E-state index in [9.17, 15) is 15.1 Å². The molecule has 4 nitrogen and oxygen atoms in total. The van der Waals surface area contributed by atoms with Crippen LogP contribution in [0.2, 0.25) is 0 Å². The zero-order chi connectivity index (χ0) is 22.1. The number of hydrogen-bond acceptors (Lipinski definition) is 3. The smallest absolute Gasteiger partial charge is 0.331 e. The zero-order valence-electron chi connectivity index (χ0n) is 18.6. The van der Waals surface area contributed by atoms with Gasteiger partial charge < -0.3 is 10.3 Å². The second kappa shape index (κ2) is 8.37. The topological polar surface area (TPSA) is 69.6 Å². The SMILES string of the molecule is CC/C(=C/c1cccc(C(NO)c2ccc3c(c2)C(C)(C)CCC3(C)C)c1)C(=O)O. The molecule has 0 radical (unpaired) electrons. The van der Waals surface area contributed by atoms with Crippen LogP contribution in [-0.2, 0) is 15.6 Å². The van der Waals surface area contributed by atoms with Crippen LogP contribution in [0, 0.1) is 0 Å². The van der Waals surface area contributed by atoms with Gasteiger partial charge >= 0.3 is 5.97 Å². The molecule has 0 aliphatic heterocycles. The lowest BCUT2D eigenvalue weighted by Gasteiger charge is -2.42. The number of aliphatic carboxylic acids is 1. The number of carboxylic acids is 1. The highest BCUT2D eigenvalue weighted by atomic mass is 16.5. The number of hydroxylamine groups is 1. The fourth-order valence-corrected chi connectivity index (χ4v) is 4.47. The van der Waals surface area contributed by atoms with Crippen molar-refractivity contribution in [2.75, 3.05) is 0 Å². The van der Waals surface area contributed by atoms with E-state index in [1.807, 2.05) is 31.2 Å². The van der Waals surface area contributed by atoms with Gasteiger partial charge in [0, 0.05) is 5.57 Å². The standard InChI is InChI=1S/C26H33NO3/c1-6-18(24(28)29)14-17-8-7-9-19(15-17)23(27-30)20-10-11-21-22(16-20)26(4,5)13-12-25(21,2)3/h7-11,14-16,23,27,30H,6,12-13H2,1-5H3,(H,28,29)/b18-14-. The van der Waals surface area contributed by atoms with Crippen molar-refractivity contribution in [3.63, 3.8) is 0 Å². The Kier molecular flexibility index (Phi) is 6.21. The Labute approximate surface area is 179 Å². The Balaban J connectivity index is 2.04. The van der Waals surface area contributed by atoms with Crippen molar-refractivity contribution in [1.29, 1.82) is 0 Å². The maximum atomic E-state index is 11.4. The quantitative estimate of drug-likeness (QED) is 0.407. The van der Waals surface area contributed by atoms with Gasteiger partial charge in [0.25, 0.3) is 0 Å². The van der Waals surface area contributed by atoms with Gasteiger partial charge in [-0.15, -0.1) is 0 Å². The first-order valence-electron chi connectivity index (χ1n) is 10.7. The van der Waals surface area contributed by atoms with Crippen molar-refractivity contribution >= 4 is 12.0 Å². The van der Waals surface area contributed by atoms with Crippen LogP contribution in [0.25, 0.3) is 6.08 Å². The zero-order valence-corrected chi connectivity index (χ0v) is 18.6. The summed E-state index contributed by atoms with van der Waals surface area (Å²) >= 11 is 0. The van der Waals surface area contributed by atoms with Gasteiger partial charge in [0.2, 0.25) is 0 Å². The van der Waals surface area contributed by atoms with E-state index in [2.05, 4.69) is 51.4 Å². The third kappa shape index (κ3) is 4.35. The van der Waals surface area contributed by atoms with E-state index < -0.39 is 5.97 Å². The molecule has 2 aromatic carbocycles. The Hall–Kier alpha value is -2.43. The summed E-state index contributed by atoms with van der Waals surface area (Å²) in [7, 11) is 0. The minimum Gasteiger partial charge on any atom is -0.478 e. The van der Waals surface area contributed by atoms with Crippen molar-refractivity contribution in [2.45, 2.75) is 70.8 Å². The molecule has 3 N–H and O–H groups in total. The van der Waals surface area contributed by atoms with E-state index in [4.69, 9.17) is 0 Å². The number of carbonyl (C=O) groups is 1. The second-order valence-corrected chi connectivity index (χ2v) is 9.63. The van der Waals surface area contributed by atoms with Gasteiger partial charge in [-0.1, -0.05) is 71.0 Å². The lowest BCUT2D eigenvalue weighted by molar-refractivity contribution is -0.132. The highest BCUT2D eigenvalue weighted by molar-refractivity contribution is 5.92. The lowest BCUT2D eigenvalue weighted by Crippen LogP contribution is -2.34. The first-order valence-corrected chi connectivity index (χ1v) is 10.7. The van der Waals surface area contributed by atoms with E-state index in [-0.39, 0.29) is 16.9 Å². The Morgan fingerprint density at radius 2 is 1.67 bits per heavy atom. The summed E-state index contributed by atoms with van der Waals surface area (Å²) in [6, 6.07) is 13.8. The van der Waals surface area contributed by atoms with Crippen LogP contribution < -0.4 is 5.48 Å². The van der Waals surface area contributed by atoms with Crippen LogP contribution in [0.15, 0.2) is 48.0 Å². The van der Waals surface area contributed by atoms with Gasteiger partial charge in [-0.2, -0.15) is 5.48 Å². The molecule has 0 aromatic heterocycles. The minimum absolute atomic E-state index is 0.0863. The van der Waals surface area contributed by atoms with Crippen molar-refractivity contribution in [3.05, 3.63) is 75.9 Å². The second-order valence-electron chi connectivity index (χ2n) is 9.63. The van der Waals surface area contributed by atoms with Gasteiger partial charge in [0.1, 0.15) is 0 Å². The van der Waals surface area contributed by atoms with Gasteiger partial charge in [-0.25, -0.2) is 4.79 Å². The number of nitrogens with one attached hydrogen (secondary N) is 1. The summed E-state index contributed by atoms with van der Waals surface area (Å²) in [5.41, 5.74) is 8.47. The number of carboxylic acid groups (broad SMARTS) is 1. The monoisotopic (exact) mass is 407 g/mol. The van der Waals surface area contributed by atoms with Crippen molar-refractivity contribution in [2.24, 2.45) is 0 Å². The molecular formula is C26H33NO3. The third-order valence-electron chi connectivity index (χ3n) is 6.58. The van der Waals surface area contributed by atoms with Crippen molar-refractivity contribution in [3.8, 4) is 0 Å². The molecule has 160 valence electrons. The fraction of sp³-hybridized carbons (Fsp3) is 0.423. The number of benzene rings is 2. The van der Waals surface area contributed by atoms with E-state index in [0.29, 0.717) is 12.0 Å². The Morgan fingerprint density at radius 3 is 2.27 bits per heavy atom. The molecule has 0 saturated heterocycles. The fourth-order valence-electron chi connectivity index (χ4n) is 4.47. The average Bonchev–Trinajstić information content (AvgIpc) is 2.70. The third-order valence-corrected chi connectivity index (χ3v) is 6.58. The van der Waals surface area contributed by atoms with Gasteiger partial charge in [-0.05, 0) is 70.1 Å². The van der Waals surface area contributed by atoms with E-state index in [0.717, 1.165) is 29.5 Å². The highest BCUT2D eigenvalue weighted by Crippen LogP contribution is 2.46. The number of rotatable bonds is 6. The first-order chi connectivity index (χ1) is 14.1. The molecule has 30 heavy (non-hydrogen) atoms. The first kappa shape index (κ1) is 22.3. The molecule has 3 rings (SSSR count). The molecule has 1 unspecified atom stereocenters. The molecule has 0 bridgehead atoms. The summed E-state index contributed by atoms with van der Waals surface area (Å²) in [6.45, 7) is 11.0. The molecule has 1 aliphatic carbocycles. The summed E-state index contributed by atoms with van der Waals surface area (Å²) < 4.78 is 0. The summed E-state index contributed by atoms with van der Waals surface area (Å²) in [5.74, 6) is -0.903. The van der Waals surface area contributed by atoms with Crippen LogP contribution in [0.5, 0.6) is 0 Å². The van der Waals surface area contributed by atoms with E-state index in [1.54, 1.807) is 6.08 Å². The van der Waals surface area contributed by atoms with E-state index >= 15 is 0 Å². The summed E-state index contributed by atoms with van der Waals surface area (Å²) in [4.78, 5) is 11.4.